The molecule has 4 fully saturated rings. The number of esters is 4. The van der Waals surface area contributed by atoms with Crippen LogP contribution in [0.2, 0.25) is 0 Å². The van der Waals surface area contributed by atoms with E-state index >= 15 is 0 Å². The van der Waals surface area contributed by atoms with Crippen LogP contribution in [0.5, 0.6) is 23.0 Å². The van der Waals surface area contributed by atoms with Gasteiger partial charge in [-0.25, -0.2) is 14.4 Å². The summed E-state index contributed by atoms with van der Waals surface area (Å²) in [5, 5.41) is 129. The van der Waals surface area contributed by atoms with Crippen molar-refractivity contribution in [3.8, 4) is 23.0 Å². The second-order valence-electron chi connectivity index (χ2n) is 18.9. The molecule has 4 saturated heterocycles. The van der Waals surface area contributed by atoms with E-state index in [9.17, 15) is 80.5 Å². The molecule has 450 valence electrons. The fraction of sp³-hybridized carbons (Fsp3) is 0.509. The van der Waals surface area contributed by atoms with Gasteiger partial charge in [-0.2, -0.15) is 0 Å². The van der Waals surface area contributed by atoms with Gasteiger partial charge in [0.25, 0.3) is 0 Å². The van der Waals surface area contributed by atoms with E-state index in [1.807, 2.05) is 0 Å². The quantitative estimate of drug-likeness (QED) is 0.0266. The summed E-state index contributed by atoms with van der Waals surface area (Å²) in [6, 6.07) is 15.1. The second kappa shape index (κ2) is 28.2. The first kappa shape index (κ1) is 63.1. The number of carbonyl (C=O) groups excluding carboxylic acids is 4. The normalized spacial score (nSPS) is 33.9. The number of aliphatic hydroxyl groups excluding tert-OH is 10. The Labute approximate surface area is 466 Å². The maximum atomic E-state index is 14.1. The van der Waals surface area contributed by atoms with Crippen LogP contribution in [0.4, 0.5) is 0 Å². The minimum Gasteiger partial charge on any atom is -0.508 e. The fourth-order valence-electron chi connectivity index (χ4n) is 9.12. The number of ether oxygens (including phenoxy) is 13. The summed E-state index contributed by atoms with van der Waals surface area (Å²) >= 11 is 0. The molecule has 0 saturated carbocycles. The Morgan fingerprint density at radius 2 is 1.18 bits per heavy atom. The van der Waals surface area contributed by atoms with E-state index in [1.165, 1.54) is 87.0 Å². The molecule has 0 bridgehead atoms. The summed E-state index contributed by atoms with van der Waals surface area (Å²) < 4.78 is 76.4. The van der Waals surface area contributed by atoms with Crippen molar-refractivity contribution < 1.29 is 142 Å². The molecule has 7 rings (SSSR count). The van der Waals surface area contributed by atoms with Crippen LogP contribution >= 0.6 is 0 Å². The van der Waals surface area contributed by atoms with Crippen molar-refractivity contribution in [2.24, 2.45) is 0 Å². The maximum Gasteiger partial charge on any atom is 0.338 e. The molecule has 0 radical (unpaired) electrons. The summed E-state index contributed by atoms with van der Waals surface area (Å²) in [6.07, 6.45) is -33.6. The first-order valence-electron chi connectivity index (χ1n) is 25.2. The fourth-order valence-corrected chi connectivity index (χ4v) is 9.12. The van der Waals surface area contributed by atoms with Crippen LogP contribution in [-0.2, 0) is 66.5 Å². The Kier molecular flexibility index (Phi) is 21.7. The number of benzene rings is 3. The third-order valence-electron chi connectivity index (χ3n) is 13.4. The number of hydrogen-bond donors (Lipinski definition) is 12. The molecule has 4 aliphatic rings. The summed E-state index contributed by atoms with van der Waals surface area (Å²) in [5.41, 5.74) is 0.401. The molecule has 4 aliphatic heterocycles. The smallest absolute Gasteiger partial charge is 0.338 e. The molecule has 4 heterocycles. The van der Waals surface area contributed by atoms with Gasteiger partial charge in [0.1, 0.15) is 104 Å². The Morgan fingerprint density at radius 3 is 1.78 bits per heavy atom. The van der Waals surface area contributed by atoms with Crippen molar-refractivity contribution in [3.63, 3.8) is 0 Å². The molecule has 0 aliphatic carbocycles. The molecule has 29 nitrogen and oxygen atoms in total. The van der Waals surface area contributed by atoms with Crippen molar-refractivity contribution in [1.82, 2.24) is 0 Å². The number of phenolic OH excluding ortho intramolecular Hbond substituents is 2. The van der Waals surface area contributed by atoms with E-state index in [4.69, 9.17) is 61.6 Å². The van der Waals surface area contributed by atoms with Gasteiger partial charge in [0.05, 0.1) is 39.6 Å². The van der Waals surface area contributed by atoms with Crippen LogP contribution in [0, 0.1) is 0 Å². The predicted molar refractivity (Wildman–Crippen MR) is 268 cm³/mol. The number of aliphatic hydroxyl groups is 10. The molecule has 0 spiro atoms. The number of methoxy groups -OCH3 is 2. The molecule has 29 heteroatoms. The highest BCUT2D eigenvalue weighted by Gasteiger charge is 2.64. The van der Waals surface area contributed by atoms with E-state index in [2.05, 4.69) is 0 Å². The average Bonchev–Trinajstić information content (AvgIpc) is 3.86. The Bertz CT molecular complexity index is 2690. The van der Waals surface area contributed by atoms with E-state index in [-0.39, 0.29) is 39.7 Å². The van der Waals surface area contributed by atoms with Crippen molar-refractivity contribution in [3.05, 3.63) is 95.6 Å². The van der Waals surface area contributed by atoms with Gasteiger partial charge in [-0.05, 0) is 54.1 Å². The highest BCUT2D eigenvalue weighted by atomic mass is 16.8. The van der Waals surface area contributed by atoms with Gasteiger partial charge < -0.3 is 123 Å². The lowest BCUT2D eigenvalue weighted by Gasteiger charge is -2.50. The first-order valence-corrected chi connectivity index (χ1v) is 25.2. The van der Waals surface area contributed by atoms with E-state index in [0.29, 0.717) is 0 Å². The zero-order chi connectivity index (χ0) is 59.6. The SMILES string of the molecule is COc1cc(/C=C/C(=O)O[C@H]2[C@@H](O[C@@H]3O[C@H](CO)[C@@H](O)[C@H](O)[C@H]3O)[C@@H](O[C@@H]3O[C@H](CO)[C@@H](O)[C@H](O)[C@H]3O)[C@@H](O[C@]3(COC(=O)/C=C/c4ccc(O)cc4OC)O[C@H](CO)[C@@H](O)[C@H]3OC(=O)c3ccccc3)O[C@@H]2COC(C)=O)ccc1O. The zero-order valence-corrected chi connectivity index (χ0v) is 43.9. The van der Waals surface area contributed by atoms with Crippen LogP contribution in [0.25, 0.3) is 12.2 Å². The standard InChI is InChI=1S/C53H64O29/c1-24(57)72-22-35-45(77-37(61)15-10-25-9-14-29(59)31(17-25)71-3)46(78-50-43(67)41(65)38(62)32(19-54)74-50)47(79-51-44(68)42(66)39(63)33(20-55)75-51)52(76-35)82-53(23-73-36(60)16-12-26-11-13-28(58)18-30(26)70-2)48(40(64)34(21-56)81-53)80-49(69)27-7-5-4-6-8-27/h4-18,32-35,38-48,50-52,54-56,58-59,62-68H,19-23H2,1-3H3/b15-10+,16-12+/t32-,33-,34-,35-,38-,39-,40-,41+,42+,43-,44-,45-,46-,47-,48-,50+,51+,52-,53+/m1/s1. The summed E-state index contributed by atoms with van der Waals surface area (Å²) in [5.74, 6) is -7.83. The summed E-state index contributed by atoms with van der Waals surface area (Å²) in [4.78, 5) is 54.4. The van der Waals surface area contributed by atoms with Gasteiger partial charge in [-0.3, -0.25) is 4.79 Å². The molecule has 0 unspecified atom stereocenters. The van der Waals surface area contributed by atoms with Crippen LogP contribution in [-0.4, -0.2) is 249 Å². The number of carbonyl (C=O) groups is 4. The molecular weight excluding hydrogens is 1100 g/mol. The molecule has 12 N–H and O–H groups in total. The highest BCUT2D eigenvalue weighted by Crippen LogP contribution is 2.42. The van der Waals surface area contributed by atoms with E-state index < -0.39 is 173 Å². The van der Waals surface area contributed by atoms with E-state index in [0.717, 1.165) is 19.1 Å². The van der Waals surface area contributed by atoms with Crippen LogP contribution in [0.1, 0.15) is 28.4 Å². The minimum absolute atomic E-state index is 0.00440. The Balaban J connectivity index is 1.39. The molecular formula is C53H64O29. The molecule has 82 heavy (non-hydrogen) atoms. The third kappa shape index (κ3) is 14.6. The molecule has 3 aromatic carbocycles. The Hall–Kier alpha value is -6.46. The van der Waals surface area contributed by atoms with Crippen LogP contribution < -0.4 is 9.47 Å². The van der Waals surface area contributed by atoms with Gasteiger partial charge in [-0.1, -0.05) is 24.3 Å². The van der Waals surface area contributed by atoms with Gasteiger partial charge >= 0.3 is 23.9 Å². The van der Waals surface area contributed by atoms with Gasteiger partial charge in [0.15, 0.2) is 42.6 Å². The lowest BCUT2D eigenvalue weighted by molar-refractivity contribution is -0.421. The molecule has 0 aromatic heterocycles. The Morgan fingerprint density at radius 1 is 0.585 bits per heavy atom. The maximum absolute atomic E-state index is 14.1. The van der Waals surface area contributed by atoms with Crippen molar-refractivity contribution in [2.75, 3.05) is 47.3 Å². The van der Waals surface area contributed by atoms with Crippen molar-refractivity contribution >= 4 is 36.0 Å². The van der Waals surface area contributed by atoms with Gasteiger partial charge in [0, 0.05) is 30.7 Å². The van der Waals surface area contributed by atoms with Crippen molar-refractivity contribution in [1.29, 1.82) is 0 Å². The highest BCUT2D eigenvalue weighted by molar-refractivity contribution is 5.90. The topological polar surface area (TPSA) is 431 Å². The van der Waals surface area contributed by atoms with Crippen molar-refractivity contribution in [2.45, 2.75) is 123 Å². The monoisotopic (exact) mass is 1160 g/mol. The molecule has 0 amide bonds. The largest absolute Gasteiger partial charge is 0.508 e. The number of rotatable bonds is 22. The second-order valence-corrected chi connectivity index (χ2v) is 18.9. The van der Waals surface area contributed by atoms with Crippen LogP contribution in [0.15, 0.2) is 78.9 Å². The zero-order valence-electron chi connectivity index (χ0n) is 43.9. The predicted octanol–water partition coefficient (Wildman–Crippen LogP) is -3.35. The first-order chi connectivity index (χ1) is 39.1. The number of hydrogen-bond acceptors (Lipinski definition) is 29. The lowest BCUT2D eigenvalue weighted by Crippen LogP contribution is -2.69. The molecule has 19 atom stereocenters. The molecule has 3 aromatic rings. The summed E-state index contributed by atoms with van der Waals surface area (Å²) in [7, 11) is 2.56. The van der Waals surface area contributed by atoms with Gasteiger partial charge in [0.2, 0.25) is 5.79 Å². The average molecular weight is 1170 g/mol. The lowest BCUT2D eigenvalue weighted by atomic mass is 9.95. The van der Waals surface area contributed by atoms with Gasteiger partial charge in [-0.15, -0.1) is 0 Å². The number of aromatic hydroxyl groups is 2. The number of phenols is 2. The third-order valence-corrected chi connectivity index (χ3v) is 13.4. The summed E-state index contributed by atoms with van der Waals surface area (Å²) in [6.45, 7) is -4.29. The minimum atomic E-state index is -2.93. The van der Waals surface area contributed by atoms with Crippen LogP contribution in [0.3, 0.4) is 0 Å². The van der Waals surface area contributed by atoms with E-state index in [1.54, 1.807) is 6.07 Å².